The fourth-order valence-corrected chi connectivity index (χ4v) is 4.74. The van der Waals surface area contributed by atoms with Crippen molar-refractivity contribution in [2.24, 2.45) is 4.99 Å². The van der Waals surface area contributed by atoms with Crippen LogP contribution in [-0.2, 0) is 0 Å². The Labute approximate surface area is 212 Å². The minimum atomic E-state index is -0.376. The number of thiazole rings is 1. The van der Waals surface area contributed by atoms with Crippen molar-refractivity contribution in [2.75, 3.05) is 5.32 Å². The van der Waals surface area contributed by atoms with Gasteiger partial charge in [0.2, 0.25) is 5.55 Å². The Kier molecular flexibility index (Phi) is 6.16. The van der Waals surface area contributed by atoms with Crippen molar-refractivity contribution >= 4 is 39.0 Å². The summed E-state index contributed by atoms with van der Waals surface area (Å²) in [6, 6.07) is 18.5. The van der Waals surface area contributed by atoms with Crippen molar-refractivity contribution in [3.05, 3.63) is 99.4 Å². The Morgan fingerprint density at radius 3 is 2.64 bits per heavy atom. The van der Waals surface area contributed by atoms with Crippen LogP contribution < -0.4 is 10.9 Å². The van der Waals surface area contributed by atoms with Crippen molar-refractivity contribution in [2.45, 2.75) is 27.7 Å². The Morgan fingerprint density at radius 2 is 1.83 bits per heavy atom. The number of phenols is 1. The first-order valence-corrected chi connectivity index (χ1v) is 12.4. The molecule has 36 heavy (non-hydrogen) atoms. The molecule has 0 unspecified atom stereocenters. The lowest BCUT2D eigenvalue weighted by Crippen LogP contribution is -2.21. The Balaban J connectivity index is 1.56. The van der Waals surface area contributed by atoms with E-state index in [9.17, 15) is 9.90 Å². The zero-order valence-corrected chi connectivity index (χ0v) is 21.2. The number of nitrogens with one attached hydrogen (secondary N) is 1. The van der Waals surface area contributed by atoms with Gasteiger partial charge in [-0.2, -0.15) is 0 Å². The molecule has 0 saturated heterocycles. The molecule has 2 aromatic heterocycles. The normalized spacial score (nSPS) is 11.7. The van der Waals surface area contributed by atoms with Gasteiger partial charge in [-0.15, -0.1) is 11.3 Å². The van der Waals surface area contributed by atoms with E-state index in [1.807, 2.05) is 43.5 Å². The van der Waals surface area contributed by atoms with Crippen LogP contribution in [0.4, 0.5) is 10.8 Å². The minimum Gasteiger partial charge on any atom is -0.508 e. The highest BCUT2D eigenvalue weighted by molar-refractivity contribution is 7.14. The Morgan fingerprint density at radius 1 is 1.00 bits per heavy atom. The number of fused-ring (bicyclic) bond motifs is 1. The van der Waals surface area contributed by atoms with Crippen LogP contribution in [0.5, 0.6) is 5.75 Å². The zero-order chi connectivity index (χ0) is 25.4. The second-order valence-electron chi connectivity index (χ2n) is 8.83. The summed E-state index contributed by atoms with van der Waals surface area (Å²) in [4.78, 5) is 22.8. The van der Waals surface area contributed by atoms with Crippen molar-refractivity contribution in [3.8, 4) is 17.0 Å². The second kappa shape index (κ2) is 9.43. The van der Waals surface area contributed by atoms with Crippen LogP contribution >= 0.6 is 11.3 Å². The van der Waals surface area contributed by atoms with Gasteiger partial charge in [-0.3, -0.25) is 10.1 Å². The van der Waals surface area contributed by atoms with E-state index in [4.69, 9.17) is 9.41 Å². The van der Waals surface area contributed by atoms with Gasteiger partial charge in [-0.1, -0.05) is 35.9 Å². The van der Waals surface area contributed by atoms with E-state index in [0.29, 0.717) is 21.8 Å². The third kappa shape index (κ3) is 4.65. The van der Waals surface area contributed by atoms with Gasteiger partial charge in [-0.25, -0.2) is 9.98 Å². The number of hydrogen-bond acceptors (Lipinski definition) is 6. The van der Waals surface area contributed by atoms with E-state index in [2.05, 4.69) is 36.3 Å². The van der Waals surface area contributed by atoms with Crippen LogP contribution in [0, 0.1) is 27.7 Å². The van der Waals surface area contributed by atoms with E-state index < -0.39 is 0 Å². The van der Waals surface area contributed by atoms with Gasteiger partial charge in [0.25, 0.3) is 5.91 Å². The molecule has 2 heterocycles. The van der Waals surface area contributed by atoms with Crippen molar-refractivity contribution < 1.29 is 14.3 Å². The molecule has 2 N–H and O–H groups in total. The largest absolute Gasteiger partial charge is 0.508 e. The highest BCUT2D eigenvalue weighted by Gasteiger charge is 2.16. The van der Waals surface area contributed by atoms with Crippen LogP contribution in [0.25, 0.3) is 22.2 Å². The van der Waals surface area contributed by atoms with Gasteiger partial charge in [0.15, 0.2) is 5.13 Å². The van der Waals surface area contributed by atoms with E-state index in [1.165, 1.54) is 23.0 Å². The molecule has 3 aromatic carbocycles. The standard InChI is InChI=1S/C29H25N3O3S/c1-16-8-11-22(18(3)12-16)25-15-36-29(31-25)32-27(34)23-13-20-9-10-21(33)14-26(20)35-28(23)30-24-7-5-6-17(2)19(24)4/h5-15,33H,1-4H3,(H,31,32,34). The summed E-state index contributed by atoms with van der Waals surface area (Å²) in [5, 5.41) is 15.9. The molecule has 0 fully saturated rings. The molecule has 0 aliphatic carbocycles. The SMILES string of the molecule is Cc1ccc(-c2csc(NC(=O)c3cc4ccc(O)cc4oc3=Nc3cccc(C)c3C)n2)c(C)c1. The van der Waals surface area contributed by atoms with E-state index in [0.717, 1.165) is 27.9 Å². The average Bonchev–Trinajstić information content (AvgIpc) is 3.29. The monoisotopic (exact) mass is 495 g/mol. The quantitative estimate of drug-likeness (QED) is 0.282. The van der Waals surface area contributed by atoms with E-state index in [1.54, 1.807) is 18.2 Å². The molecule has 0 spiro atoms. The fourth-order valence-electron chi connectivity index (χ4n) is 4.04. The van der Waals surface area contributed by atoms with Crippen LogP contribution in [-0.4, -0.2) is 16.0 Å². The molecule has 0 radical (unpaired) electrons. The maximum atomic E-state index is 13.4. The van der Waals surface area contributed by atoms with Gasteiger partial charge in [0, 0.05) is 22.4 Å². The van der Waals surface area contributed by atoms with Crippen molar-refractivity contribution in [1.82, 2.24) is 4.98 Å². The summed E-state index contributed by atoms with van der Waals surface area (Å²) in [5.41, 5.74) is 7.81. The predicted molar refractivity (Wildman–Crippen MR) is 144 cm³/mol. The third-order valence-corrected chi connectivity index (χ3v) is 6.92. The molecule has 0 saturated carbocycles. The lowest BCUT2D eigenvalue weighted by atomic mass is 10.0. The number of aromatic nitrogens is 1. The molecule has 1 amide bonds. The second-order valence-corrected chi connectivity index (χ2v) is 9.69. The summed E-state index contributed by atoms with van der Waals surface area (Å²) in [6.45, 7) is 8.09. The number of carbonyl (C=O) groups is 1. The number of carbonyl (C=O) groups excluding carboxylic acids is 1. The lowest BCUT2D eigenvalue weighted by Gasteiger charge is -2.07. The number of aryl methyl sites for hydroxylation is 3. The summed E-state index contributed by atoms with van der Waals surface area (Å²) in [5.74, 6) is -0.304. The molecule has 0 atom stereocenters. The Bertz CT molecular complexity index is 1700. The number of amides is 1. The third-order valence-electron chi connectivity index (χ3n) is 6.16. The van der Waals surface area contributed by atoms with Crippen LogP contribution in [0.1, 0.15) is 32.6 Å². The number of anilines is 1. The van der Waals surface area contributed by atoms with Gasteiger partial charge in [0.05, 0.1) is 11.4 Å². The fraction of sp³-hybridized carbons (Fsp3) is 0.138. The zero-order valence-electron chi connectivity index (χ0n) is 20.4. The predicted octanol–water partition coefficient (Wildman–Crippen LogP) is 6.98. The molecule has 0 aliphatic rings. The molecular weight excluding hydrogens is 470 g/mol. The van der Waals surface area contributed by atoms with Crippen LogP contribution in [0.3, 0.4) is 0 Å². The summed E-state index contributed by atoms with van der Waals surface area (Å²) in [6.07, 6.45) is 0. The number of phenolic OH excluding ortho intramolecular Hbond substituents is 1. The maximum absolute atomic E-state index is 13.4. The number of hydrogen-bond donors (Lipinski definition) is 2. The number of aromatic hydroxyl groups is 1. The summed E-state index contributed by atoms with van der Waals surface area (Å²) in [7, 11) is 0. The molecule has 5 rings (SSSR count). The molecule has 0 bridgehead atoms. The van der Waals surface area contributed by atoms with Gasteiger partial charge >= 0.3 is 0 Å². The van der Waals surface area contributed by atoms with E-state index >= 15 is 0 Å². The molecule has 5 aromatic rings. The molecule has 180 valence electrons. The van der Waals surface area contributed by atoms with Crippen LogP contribution in [0.15, 0.2) is 75.5 Å². The number of nitrogens with zero attached hydrogens (tertiary/aromatic N) is 2. The number of benzene rings is 3. The summed E-state index contributed by atoms with van der Waals surface area (Å²) >= 11 is 1.36. The van der Waals surface area contributed by atoms with E-state index in [-0.39, 0.29) is 22.8 Å². The average molecular weight is 496 g/mol. The smallest absolute Gasteiger partial charge is 0.262 e. The highest BCUT2D eigenvalue weighted by Crippen LogP contribution is 2.29. The molecule has 0 aliphatic heterocycles. The summed E-state index contributed by atoms with van der Waals surface area (Å²) < 4.78 is 6.03. The van der Waals surface area contributed by atoms with Gasteiger partial charge in [0.1, 0.15) is 16.9 Å². The first-order chi connectivity index (χ1) is 17.3. The van der Waals surface area contributed by atoms with Gasteiger partial charge < -0.3 is 9.52 Å². The molecule has 7 heteroatoms. The lowest BCUT2D eigenvalue weighted by molar-refractivity contribution is 0.102. The minimum absolute atomic E-state index is 0.0721. The van der Waals surface area contributed by atoms with Gasteiger partial charge in [-0.05, 0) is 68.7 Å². The highest BCUT2D eigenvalue weighted by atomic mass is 32.1. The maximum Gasteiger partial charge on any atom is 0.262 e. The van der Waals surface area contributed by atoms with Crippen molar-refractivity contribution in [1.29, 1.82) is 0 Å². The van der Waals surface area contributed by atoms with Crippen LogP contribution in [0.2, 0.25) is 0 Å². The van der Waals surface area contributed by atoms with Crippen molar-refractivity contribution in [3.63, 3.8) is 0 Å². The number of rotatable bonds is 4. The molecular formula is C29H25N3O3S. The first kappa shape index (κ1) is 23.5. The topological polar surface area (TPSA) is 87.7 Å². The first-order valence-electron chi connectivity index (χ1n) is 11.5. The Hall–Kier alpha value is -4.23. The molecule has 6 nitrogen and oxygen atoms in total.